The van der Waals surface area contributed by atoms with Crippen molar-refractivity contribution in [1.82, 2.24) is 4.90 Å². The number of carboxylic acids is 1. The van der Waals surface area contributed by atoms with Crippen LogP contribution in [0.25, 0.3) is 6.08 Å². The van der Waals surface area contributed by atoms with E-state index in [2.05, 4.69) is 43.1 Å². The van der Waals surface area contributed by atoms with E-state index in [9.17, 15) is 9.59 Å². The van der Waals surface area contributed by atoms with Crippen molar-refractivity contribution in [2.75, 3.05) is 7.05 Å². The number of benzene rings is 3. The summed E-state index contributed by atoms with van der Waals surface area (Å²) in [5.74, 6) is 0.408. The first kappa shape index (κ1) is 26.2. The van der Waals surface area contributed by atoms with E-state index in [1.165, 1.54) is 22.2 Å². The first-order chi connectivity index (χ1) is 17.8. The average molecular weight is 515 g/mol. The molecule has 1 heterocycles. The highest BCUT2D eigenvalue weighted by molar-refractivity contribution is 8.18. The summed E-state index contributed by atoms with van der Waals surface area (Å²) < 4.78 is 5.94. The number of carbonyl (C=O) groups is 2. The molecule has 4 rings (SSSR count). The number of ether oxygens (including phenoxy) is 1. The van der Waals surface area contributed by atoms with E-state index in [-0.39, 0.29) is 12.3 Å². The van der Waals surface area contributed by atoms with Crippen molar-refractivity contribution in [3.63, 3.8) is 0 Å². The third-order valence-electron chi connectivity index (χ3n) is 5.77. The Balaban J connectivity index is 1.37. The molecule has 0 bridgehead atoms. The molecule has 1 aliphatic rings. The number of carboxylic acid groups (broad SMARTS) is 1. The Bertz CT molecular complexity index is 1310. The number of carbonyl (C=O) groups excluding carboxylic acids is 1. The Labute approximate surface area is 221 Å². The van der Waals surface area contributed by atoms with Crippen molar-refractivity contribution in [3.8, 4) is 5.75 Å². The first-order valence-electron chi connectivity index (χ1n) is 12.1. The molecule has 0 saturated carbocycles. The maximum atomic E-state index is 12.8. The highest BCUT2D eigenvalue weighted by Crippen LogP contribution is 2.33. The Morgan fingerprint density at radius 2 is 1.59 bits per heavy atom. The molecule has 0 radical (unpaired) electrons. The van der Waals surface area contributed by atoms with Gasteiger partial charge in [-0.05, 0) is 76.7 Å². The van der Waals surface area contributed by atoms with Gasteiger partial charge in [0.15, 0.2) is 5.17 Å². The van der Waals surface area contributed by atoms with Crippen molar-refractivity contribution < 1.29 is 19.4 Å². The van der Waals surface area contributed by atoms with Gasteiger partial charge < -0.3 is 9.84 Å². The van der Waals surface area contributed by atoms with Gasteiger partial charge in [0.2, 0.25) is 0 Å². The average Bonchev–Trinajstić information content (AvgIpc) is 3.12. The Morgan fingerprint density at radius 1 is 0.973 bits per heavy atom. The molecule has 0 spiro atoms. The highest BCUT2D eigenvalue weighted by atomic mass is 32.2. The number of nitrogens with zero attached hydrogens (tertiary/aromatic N) is 2. The van der Waals surface area contributed by atoms with E-state index < -0.39 is 5.97 Å². The second kappa shape index (κ2) is 11.9. The number of amidine groups is 1. The van der Waals surface area contributed by atoms with E-state index >= 15 is 0 Å². The molecule has 7 heteroatoms. The van der Waals surface area contributed by atoms with Gasteiger partial charge in [0, 0.05) is 7.05 Å². The number of thioether (sulfide) groups is 1. The molecule has 3 aromatic rings. The number of rotatable bonds is 9. The summed E-state index contributed by atoms with van der Waals surface area (Å²) >= 11 is 1.31. The second-order valence-electron chi connectivity index (χ2n) is 9.38. The first-order valence-corrected chi connectivity index (χ1v) is 13.0. The number of aliphatic imine (C=N–C) groups is 1. The van der Waals surface area contributed by atoms with Crippen LogP contribution in [-0.2, 0) is 29.0 Å². The topological polar surface area (TPSA) is 79.2 Å². The normalized spacial score (nSPS) is 15.7. The minimum atomic E-state index is -0.878. The van der Waals surface area contributed by atoms with Gasteiger partial charge >= 0.3 is 5.97 Å². The fourth-order valence-corrected chi connectivity index (χ4v) is 4.83. The third kappa shape index (κ3) is 7.33. The summed E-state index contributed by atoms with van der Waals surface area (Å²) in [6.45, 7) is 4.93. The predicted octanol–water partition coefficient (Wildman–Crippen LogP) is 6.33. The van der Waals surface area contributed by atoms with Gasteiger partial charge in [-0.1, -0.05) is 62.4 Å². The standard InChI is InChI=1S/C30H30N2O4S/c1-20(2)16-21-4-6-24(7-5-21)19-36-26-14-10-22(11-15-26)17-27-29(35)32(3)30(37-27)31-25-12-8-23(9-13-25)18-28(33)34/h4-15,17,20H,16,18-19H2,1-3H3,(H,33,34). The van der Waals surface area contributed by atoms with Gasteiger partial charge in [0.05, 0.1) is 17.0 Å². The van der Waals surface area contributed by atoms with Crippen LogP contribution in [0.15, 0.2) is 82.7 Å². The lowest BCUT2D eigenvalue weighted by Crippen LogP contribution is -2.23. The zero-order valence-electron chi connectivity index (χ0n) is 21.2. The lowest BCUT2D eigenvalue weighted by atomic mass is 10.0. The van der Waals surface area contributed by atoms with E-state index in [0.29, 0.717) is 33.8 Å². The summed E-state index contributed by atoms with van der Waals surface area (Å²) in [4.78, 5) is 30.3. The van der Waals surface area contributed by atoms with Crippen molar-refractivity contribution in [2.45, 2.75) is 33.3 Å². The number of likely N-dealkylation sites (N-methyl/N-ethyl adjacent to an activating group) is 1. The van der Waals surface area contributed by atoms with Crippen LogP contribution in [0.5, 0.6) is 5.75 Å². The van der Waals surface area contributed by atoms with Crippen LogP contribution in [0.1, 0.15) is 36.1 Å². The fraction of sp³-hybridized carbons (Fsp3) is 0.233. The number of hydrogen-bond donors (Lipinski definition) is 1. The minimum Gasteiger partial charge on any atom is -0.489 e. The summed E-state index contributed by atoms with van der Waals surface area (Å²) in [5, 5.41) is 9.48. The second-order valence-corrected chi connectivity index (χ2v) is 10.4. The maximum absolute atomic E-state index is 12.8. The molecular formula is C30H30N2O4S. The monoisotopic (exact) mass is 514 g/mol. The summed E-state index contributed by atoms with van der Waals surface area (Å²) in [7, 11) is 1.69. The lowest BCUT2D eigenvalue weighted by Gasteiger charge is -2.09. The van der Waals surface area contributed by atoms with Gasteiger partial charge in [0.25, 0.3) is 5.91 Å². The van der Waals surface area contributed by atoms with Crippen LogP contribution in [-0.4, -0.2) is 34.1 Å². The van der Waals surface area contributed by atoms with Crippen LogP contribution in [0.2, 0.25) is 0 Å². The van der Waals surface area contributed by atoms with E-state index in [1.807, 2.05) is 30.3 Å². The molecule has 1 N–H and O–H groups in total. The predicted molar refractivity (Wildman–Crippen MR) is 149 cm³/mol. The summed E-state index contributed by atoms with van der Waals surface area (Å²) in [6, 6.07) is 23.2. The van der Waals surface area contributed by atoms with Gasteiger partial charge in [-0.25, -0.2) is 4.99 Å². The third-order valence-corrected chi connectivity index (χ3v) is 6.83. The molecule has 37 heavy (non-hydrogen) atoms. The van der Waals surface area contributed by atoms with E-state index in [4.69, 9.17) is 9.84 Å². The Kier molecular flexibility index (Phi) is 8.46. The summed E-state index contributed by atoms with van der Waals surface area (Å²) in [6.07, 6.45) is 2.88. The molecule has 3 aromatic carbocycles. The maximum Gasteiger partial charge on any atom is 0.307 e. The molecular weight excluding hydrogens is 484 g/mol. The molecule has 0 aliphatic carbocycles. The van der Waals surface area contributed by atoms with Crippen LogP contribution >= 0.6 is 11.8 Å². The van der Waals surface area contributed by atoms with Gasteiger partial charge in [0.1, 0.15) is 12.4 Å². The van der Waals surface area contributed by atoms with Crippen LogP contribution < -0.4 is 4.74 Å². The Hall–Kier alpha value is -3.84. The van der Waals surface area contributed by atoms with Crippen molar-refractivity contribution in [2.24, 2.45) is 10.9 Å². The molecule has 0 unspecified atom stereocenters. The summed E-state index contributed by atoms with van der Waals surface area (Å²) in [5.41, 5.74) is 4.72. The molecule has 1 amide bonds. The number of hydrogen-bond acceptors (Lipinski definition) is 5. The quantitative estimate of drug-likeness (QED) is 0.338. The molecule has 0 aromatic heterocycles. The van der Waals surface area contributed by atoms with Gasteiger partial charge in [-0.2, -0.15) is 0 Å². The van der Waals surface area contributed by atoms with Crippen molar-refractivity contribution in [1.29, 1.82) is 0 Å². The largest absolute Gasteiger partial charge is 0.489 e. The zero-order valence-corrected chi connectivity index (χ0v) is 22.0. The fourth-order valence-electron chi connectivity index (χ4n) is 3.85. The van der Waals surface area contributed by atoms with Crippen LogP contribution in [0, 0.1) is 5.92 Å². The van der Waals surface area contributed by atoms with Crippen molar-refractivity contribution >= 4 is 40.6 Å². The zero-order chi connectivity index (χ0) is 26.4. The van der Waals surface area contributed by atoms with Gasteiger partial charge in [-0.15, -0.1) is 0 Å². The van der Waals surface area contributed by atoms with Gasteiger partial charge in [-0.3, -0.25) is 14.5 Å². The molecule has 6 nitrogen and oxygen atoms in total. The van der Waals surface area contributed by atoms with Crippen LogP contribution in [0.4, 0.5) is 5.69 Å². The van der Waals surface area contributed by atoms with Crippen LogP contribution in [0.3, 0.4) is 0 Å². The highest BCUT2D eigenvalue weighted by Gasteiger charge is 2.30. The molecule has 1 aliphatic heterocycles. The molecule has 0 atom stereocenters. The molecule has 1 saturated heterocycles. The number of aliphatic carboxylic acids is 1. The smallest absolute Gasteiger partial charge is 0.307 e. The molecule has 1 fully saturated rings. The van der Waals surface area contributed by atoms with E-state index in [1.54, 1.807) is 31.3 Å². The minimum absolute atomic E-state index is 0.0355. The Morgan fingerprint density at radius 3 is 2.22 bits per heavy atom. The van der Waals surface area contributed by atoms with Crippen molar-refractivity contribution in [3.05, 3.63) is 100.0 Å². The number of amides is 1. The van der Waals surface area contributed by atoms with E-state index in [0.717, 1.165) is 23.3 Å². The molecule has 190 valence electrons. The SMILES string of the molecule is CC(C)Cc1ccc(COc2ccc(C=C3SC(=Nc4ccc(CC(=O)O)cc4)N(C)C3=O)cc2)cc1. The lowest BCUT2D eigenvalue weighted by molar-refractivity contribution is -0.136.